The molecule has 1 heterocycles. The number of hydrogen-bond acceptors (Lipinski definition) is 4. The van der Waals surface area contributed by atoms with E-state index in [9.17, 15) is 9.59 Å². The minimum absolute atomic E-state index is 0.251. The molecule has 0 spiro atoms. The van der Waals surface area contributed by atoms with Gasteiger partial charge in [0.1, 0.15) is 6.04 Å². The maximum absolute atomic E-state index is 13.7. The number of hydrogen-bond donors (Lipinski definition) is 3. The van der Waals surface area contributed by atoms with Crippen LogP contribution in [-0.2, 0) is 11.3 Å². The summed E-state index contributed by atoms with van der Waals surface area (Å²) in [6.45, 7) is 0.251. The van der Waals surface area contributed by atoms with Gasteiger partial charge in [0, 0.05) is 23.2 Å². The SMILES string of the molecule is Nc1ccccc1CNC(=O)C(NC(=O)c1cc(-c2ccccc2)nc2ccccc12)c1ccccc1. The highest BCUT2D eigenvalue weighted by Gasteiger charge is 2.24. The van der Waals surface area contributed by atoms with Crippen molar-refractivity contribution in [3.05, 3.63) is 132 Å². The molecule has 0 saturated heterocycles. The molecule has 182 valence electrons. The number of anilines is 1. The number of nitrogens with two attached hydrogens (primary N) is 1. The van der Waals surface area contributed by atoms with Gasteiger partial charge in [-0.3, -0.25) is 9.59 Å². The quantitative estimate of drug-likeness (QED) is 0.273. The predicted octanol–water partition coefficient (Wildman–Crippen LogP) is 5.27. The van der Waals surface area contributed by atoms with E-state index in [0.717, 1.165) is 11.1 Å². The Morgan fingerprint density at radius 2 is 1.43 bits per heavy atom. The van der Waals surface area contributed by atoms with E-state index in [1.807, 2.05) is 103 Å². The van der Waals surface area contributed by atoms with Crippen molar-refractivity contribution < 1.29 is 9.59 Å². The molecule has 4 aromatic carbocycles. The first kappa shape index (κ1) is 23.8. The summed E-state index contributed by atoms with van der Waals surface area (Å²) in [5, 5.41) is 6.60. The highest BCUT2D eigenvalue weighted by Crippen LogP contribution is 2.26. The number of nitrogens with one attached hydrogen (secondary N) is 2. The van der Waals surface area contributed by atoms with Gasteiger partial charge < -0.3 is 16.4 Å². The number of carbonyl (C=O) groups is 2. The van der Waals surface area contributed by atoms with Crippen LogP contribution in [-0.4, -0.2) is 16.8 Å². The third-order valence-corrected chi connectivity index (χ3v) is 6.21. The summed E-state index contributed by atoms with van der Waals surface area (Å²) in [6.07, 6.45) is 0. The molecule has 5 aromatic rings. The van der Waals surface area contributed by atoms with Gasteiger partial charge >= 0.3 is 0 Å². The fourth-order valence-electron chi connectivity index (χ4n) is 4.25. The molecule has 1 atom stereocenters. The fraction of sp³-hybridized carbons (Fsp3) is 0.0645. The highest BCUT2D eigenvalue weighted by atomic mass is 16.2. The zero-order valence-corrected chi connectivity index (χ0v) is 20.1. The summed E-state index contributed by atoms with van der Waals surface area (Å²) in [5.41, 5.74) is 10.9. The number of carbonyl (C=O) groups excluding carboxylic acids is 2. The zero-order chi connectivity index (χ0) is 25.6. The van der Waals surface area contributed by atoms with E-state index in [1.54, 1.807) is 12.1 Å². The first-order chi connectivity index (χ1) is 18.1. The van der Waals surface area contributed by atoms with Gasteiger partial charge in [0.25, 0.3) is 5.91 Å². The smallest absolute Gasteiger partial charge is 0.252 e. The van der Waals surface area contributed by atoms with Crippen molar-refractivity contribution >= 4 is 28.4 Å². The summed E-state index contributed by atoms with van der Waals surface area (Å²) in [6, 6.07) is 34.6. The van der Waals surface area contributed by atoms with Crippen molar-refractivity contribution in [1.82, 2.24) is 15.6 Å². The van der Waals surface area contributed by atoms with Crippen LogP contribution < -0.4 is 16.4 Å². The van der Waals surface area contributed by atoms with Crippen LogP contribution in [0.15, 0.2) is 115 Å². The highest BCUT2D eigenvalue weighted by molar-refractivity contribution is 6.08. The number of benzene rings is 4. The molecule has 1 aromatic heterocycles. The van der Waals surface area contributed by atoms with Crippen molar-refractivity contribution in [3.8, 4) is 11.3 Å². The van der Waals surface area contributed by atoms with Crippen LogP contribution in [0.1, 0.15) is 27.5 Å². The van der Waals surface area contributed by atoms with Crippen molar-refractivity contribution in [1.29, 1.82) is 0 Å². The average molecular weight is 487 g/mol. The number of amides is 2. The number of rotatable bonds is 7. The van der Waals surface area contributed by atoms with Crippen molar-refractivity contribution in [2.24, 2.45) is 0 Å². The van der Waals surface area contributed by atoms with Crippen LogP contribution in [0.2, 0.25) is 0 Å². The molecule has 0 aliphatic rings. The van der Waals surface area contributed by atoms with Gasteiger partial charge in [-0.1, -0.05) is 97.1 Å². The average Bonchev–Trinajstić information content (AvgIpc) is 2.95. The summed E-state index contributed by atoms with van der Waals surface area (Å²) < 4.78 is 0. The molecular weight excluding hydrogens is 460 g/mol. The zero-order valence-electron chi connectivity index (χ0n) is 20.1. The van der Waals surface area contributed by atoms with Crippen LogP contribution in [0.3, 0.4) is 0 Å². The van der Waals surface area contributed by atoms with Crippen molar-refractivity contribution in [3.63, 3.8) is 0 Å². The Morgan fingerprint density at radius 3 is 2.19 bits per heavy atom. The fourth-order valence-corrected chi connectivity index (χ4v) is 4.25. The number of para-hydroxylation sites is 2. The van der Waals surface area contributed by atoms with E-state index in [4.69, 9.17) is 10.7 Å². The Morgan fingerprint density at radius 1 is 0.784 bits per heavy atom. The number of aromatic nitrogens is 1. The van der Waals surface area contributed by atoms with Crippen LogP contribution in [0, 0.1) is 0 Å². The van der Waals surface area contributed by atoms with Crippen LogP contribution in [0.25, 0.3) is 22.2 Å². The van der Waals surface area contributed by atoms with Gasteiger partial charge in [0.15, 0.2) is 0 Å². The molecule has 6 nitrogen and oxygen atoms in total. The van der Waals surface area contributed by atoms with Crippen molar-refractivity contribution in [2.75, 3.05) is 5.73 Å². The minimum Gasteiger partial charge on any atom is -0.398 e. The molecule has 6 heteroatoms. The Labute approximate surface area is 215 Å². The molecule has 5 rings (SSSR count). The monoisotopic (exact) mass is 486 g/mol. The van der Waals surface area contributed by atoms with Crippen LogP contribution in [0.4, 0.5) is 5.69 Å². The Kier molecular flexibility index (Phi) is 6.90. The maximum atomic E-state index is 13.7. The Hall–Kier alpha value is -4.97. The lowest BCUT2D eigenvalue weighted by Gasteiger charge is -2.20. The molecule has 0 fully saturated rings. The van der Waals surface area contributed by atoms with E-state index in [2.05, 4.69) is 10.6 Å². The summed E-state index contributed by atoms with van der Waals surface area (Å²) in [5.74, 6) is -0.691. The molecule has 37 heavy (non-hydrogen) atoms. The number of fused-ring (bicyclic) bond motifs is 1. The van der Waals surface area contributed by atoms with Crippen LogP contribution in [0.5, 0.6) is 0 Å². The minimum atomic E-state index is -0.897. The molecule has 1 unspecified atom stereocenters. The van der Waals surface area contributed by atoms with Gasteiger partial charge in [0.2, 0.25) is 5.91 Å². The van der Waals surface area contributed by atoms with E-state index >= 15 is 0 Å². The van der Waals surface area contributed by atoms with E-state index < -0.39 is 6.04 Å². The van der Waals surface area contributed by atoms with Gasteiger partial charge in [-0.25, -0.2) is 4.98 Å². The first-order valence-electron chi connectivity index (χ1n) is 12.0. The van der Waals surface area contributed by atoms with Crippen molar-refractivity contribution in [2.45, 2.75) is 12.6 Å². The summed E-state index contributed by atoms with van der Waals surface area (Å²) in [4.78, 5) is 31.8. The maximum Gasteiger partial charge on any atom is 0.252 e. The number of nitrogens with zero attached hydrogens (tertiary/aromatic N) is 1. The number of pyridine rings is 1. The summed E-state index contributed by atoms with van der Waals surface area (Å²) in [7, 11) is 0. The standard InChI is InChI=1S/C31H26N4O2/c32-26-17-9-7-15-23(26)20-33-31(37)29(22-13-5-2-6-14-22)35-30(36)25-19-28(21-11-3-1-4-12-21)34-27-18-10-8-16-24(25)27/h1-19,29H,20,32H2,(H,33,37)(H,35,36). The van der Waals surface area contributed by atoms with Gasteiger partial charge in [-0.15, -0.1) is 0 Å². The predicted molar refractivity (Wildman–Crippen MR) is 147 cm³/mol. The Bertz CT molecular complexity index is 1550. The normalized spacial score (nSPS) is 11.6. The van der Waals surface area contributed by atoms with E-state index in [-0.39, 0.29) is 18.4 Å². The molecule has 0 aliphatic carbocycles. The lowest BCUT2D eigenvalue weighted by Crippen LogP contribution is -2.40. The third-order valence-electron chi connectivity index (χ3n) is 6.21. The Balaban J connectivity index is 1.47. The first-order valence-corrected chi connectivity index (χ1v) is 12.0. The van der Waals surface area contributed by atoms with Gasteiger partial charge in [0.05, 0.1) is 16.8 Å². The largest absolute Gasteiger partial charge is 0.398 e. The topological polar surface area (TPSA) is 97.1 Å². The molecule has 0 aliphatic heterocycles. The molecular formula is C31H26N4O2. The van der Waals surface area contributed by atoms with Gasteiger partial charge in [-0.2, -0.15) is 0 Å². The molecule has 0 radical (unpaired) electrons. The van der Waals surface area contributed by atoms with E-state index in [1.165, 1.54) is 0 Å². The molecule has 2 amide bonds. The summed E-state index contributed by atoms with van der Waals surface area (Å²) >= 11 is 0. The second-order valence-corrected chi connectivity index (χ2v) is 8.67. The second kappa shape index (κ2) is 10.7. The van der Waals surface area contributed by atoms with E-state index in [0.29, 0.717) is 33.4 Å². The molecule has 0 bridgehead atoms. The van der Waals surface area contributed by atoms with Crippen LogP contribution >= 0.6 is 0 Å². The second-order valence-electron chi connectivity index (χ2n) is 8.67. The number of nitrogen functional groups attached to an aromatic ring is 1. The third kappa shape index (κ3) is 5.33. The lowest BCUT2D eigenvalue weighted by atomic mass is 10.0. The lowest BCUT2D eigenvalue weighted by molar-refractivity contribution is -0.123. The molecule has 4 N–H and O–H groups in total. The van der Waals surface area contributed by atoms with Gasteiger partial charge in [-0.05, 0) is 29.3 Å². The molecule has 0 saturated carbocycles.